The van der Waals surface area contributed by atoms with Crippen molar-refractivity contribution in [1.82, 2.24) is 0 Å². The van der Waals surface area contributed by atoms with Gasteiger partial charge in [-0.15, -0.1) is 0 Å². The van der Waals surface area contributed by atoms with Gasteiger partial charge in [-0.1, -0.05) is 307 Å². The molecule has 25 rings (SSSR count). The number of nitrogens with zero attached hydrogens (tertiary/aromatic N) is 4. The van der Waals surface area contributed by atoms with Gasteiger partial charge >= 0.3 is 0 Å². The fourth-order valence-corrected chi connectivity index (χ4v) is 29.5. The summed E-state index contributed by atoms with van der Waals surface area (Å²) in [5.41, 5.74) is 56.5. The third kappa shape index (κ3) is 15.9. The van der Waals surface area contributed by atoms with Gasteiger partial charge in [0.05, 0.1) is 22.3 Å². The van der Waals surface area contributed by atoms with Gasteiger partial charge in [-0.25, -0.2) is 18.3 Å². The van der Waals surface area contributed by atoms with E-state index in [-0.39, 0.29) is 21.7 Å². The van der Waals surface area contributed by atoms with Crippen molar-refractivity contribution in [2.75, 3.05) is 0 Å². The lowest BCUT2D eigenvalue weighted by molar-refractivity contribution is -0.660. The van der Waals surface area contributed by atoms with E-state index in [1.807, 2.05) is 0 Å². The maximum atomic E-state index is 6.92. The molecule has 0 amide bonds. The van der Waals surface area contributed by atoms with Gasteiger partial charge in [0.2, 0.25) is 22.8 Å². The molecule has 150 heavy (non-hydrogen) atoms. The number of aromatic nitrogens is 4. The Morgan fingerprint density at radius 3 is 0.900 bits per heavy atom. The van der Waals surface area contributed by atoms with Crippen molar-refractivity contribution >= 4 is 87.8 Å². The summed E-state index contributed by atoms with van der Waals surface area (Å²) >= 11 is 0. The normalized spacial score (nSPS) is 14.6. The van der Waals surface area contributed by atoms with E-state index in [2.05, 4.69) is 470 Å². The average molecular weight is 1980 g/mol. The molecule has 8 heteroatoms. The fraction of sp³-hybridized carbons (Fsp3) is 0.352. The van der Waals surface area contributed by atoms with Crippen LogP contribution in [0.1, 0.15) is 311 Å². The Morgan fingerprint density at radius 2 is 0.533 bits per heavy atom. The summed E-state index contributed by atoms with van der Waals surface area (Å²) in [6.07, 6.45) is 18.7. The maximum absolute atomic E-state index is 6.92. The largest absolute Gasteiger partial charge is 0.455 e. The molecule has 8 aromatic heterocycles. The molecule has 8 nitrogen and oxygen atoms in total. The topological polar surface area (TPSA) is 68.1 Å². The Labute approximate surface area is 890 Å². The number of aryl methyl sites for hydroxylation is 12. The Hall–Kier alpha value is -13.6. The van der Waals surface area contributed by atoms with Gasteiger partial charge in [-0.05, 0) is 299 Å². The predicted molar refractivity (Wildman–Crippen MR) is 628 cm³/mol. The van der Waals surface area contributed by atoms with Gasteiger partial charge in [0.1, 0.15) is 72.9 Å². The SMILES string of the molecule is Cc1c[n+](C)c(-c2c(C)ccc3c2oc2ccc4c(c23)-c2ccccc2C4(C)C)cc1C(C)C.Cc1c[n+](C)c(-c2c(C)ccc3c2oc2ccc4c(c23)-c2ccccc2C4(CC(C)C)CC(C)C)cc1C(C)C.Cc1c[n+](C)c(-c2c(C)ccc3c2oc2ccc4c(c23)C(CC(C)C)(CC(C)C)c2ccccc2-4)cc1C(C)C.Cc1c[n+](C)c(-c2c(C)ccc3c2oc2ccc4c(c23)C2(CCCC2)c2ccccc2-4)cc1C(C)C. The van der Waals surface area contributed by atoms with Crippen molar-refractivity contribution in [1.29, 1.82) is 0 Å². The molecule has 5 aliphatic rings. The highest BCUT2D eigenvalue weighted by atomic mass is 16.3. The smallest absolute Gasteiger partial charge is 0.216 e. The Morgan fingerprint density at radius 1 is 0.253 bits per heavy atom. The summed E-state index contributed by atoms with van der Waals surface area (Å²) in [7, 11) is 8.63. The number of pyridine rings is 4. The van der Waals surface area contributed by atoms with Crippen LogP contribution in [-0.2, 0) is 49.9 Å². The lowest BCUT2D eigenvalue weighted by atomic mass is 9.67. The third-order valence-corrected chi connectivity index (χ3v) is 35.3. The van der Waals surface area contributed by atoms with Crippen LogP contribution in [0.25, 0.3) is 177 Å². The van der Waals surface area contributed by atoms with Crippen molar-refractivity contribution in [3.05, 3.63) is 354 Å². The van der Waals surface area contributed by atoms with Crippen LogP contribution in [0.15, 0.2) is 261 Å². The molecule has 20 aromatic rings. The van der Waals surface area contributed by atoms with Crippen molar-refractivity contribution in [2.24, 2.45) is 51.9 Å². The van der Waals surface area contributed by atoms with Crippen LogP contribution in [-0.4, -0.2) is 0 Å². The first-order chi connectivity index (χ1) is 71.7. The third-order valence-electron chi connectivity index (χ3n) is 35.3. The number of benzene rings is 12. The molecule has 0 atom stereocenters. The van der Waals surface area contributed by atoms with Crippen molar-refractivity contribution in [3.8, 4) is 89.5 Å². The van der Waals surface area contributed by atoms with Gasteiger partial charge < -0.3 is 17.7 Å². The molecule has 0 aliphatic heterocycles. The zero-order valence-corrected chi connectivity index (χ0v) is 94.8. The van der Waals surface area contributed by atoms with Gasteiger partial charge in [-0.2, -0.15) is 0 Å². The van der Waals surface area contributed by atoms with E-state index < -0.39 is 0 Å². The number of hydrogen-bond acceptors (Lipinski definition) is 4. The molecule has 0 unspecified atom stereocenters. The van der Waals surface area contributed by atoms with E-state index in [9.17, 15) is 0 Å². The van der Waals surface area contributed by atoms with Crippen LogP contribution < -0.4 is 18.3 Å². The number of fused-ring (bicyclic) bond motifs is 30. The summed E-state index contributed by atoms with van der Waals surface area (Å²) in [5, 5.41) is 10.1. The predicted octanol–water partition coefficient (Wildman–Crippen LogP) is 37.1. The summed E-state index contributed by atoms with van der Waals surface area (Å²) in [4.78, 5) is 0. The maximum Gasteiger partial charge on any atom is 0.216 e. The van der Waals surface area contributed by atoms with Gasteiger partial charge in [-0.3, -0.25) is 0 Å². The van der Waals surface area contributed by atoms with Crippen LogP contribution in [0.2, 0.25) is 0 Å². The highest BCUT2D eigenvalue weighted by Gasteiger charge is 2.51. The van der Waals surface area contributed by atoms with Gasteiger partial charge in [0, 0.05) is 111 Å². The Kier molecular flexibility index (Phi) is 25.5. The molecule has 0 radical (unpaired) electrons. The fourth-order valence-electron chi connectivity index (χ4n) is 29.5. The summed E-state index contributed by atoms with van der Waals surface area (Å²) in [6, 6.07) is 82.3. The molecule has 12 aromatic carbocycles. The van der Waals surface area contributed by atoms with Crippen molar-refractivity contribution in [3.63, 3.8) is 0 Å². The highest BCUT2D eigenvalue weighted by Crippen LogP contribution is 2.64. The zero-order chi connectivity index (χ0) is 106. The molecule has 8 heterocycles. The van der Waals surface area contributed by atoms with Crippen LogP contribution >= 0.6 is 0 Å². The average Bonchev–Trinajstić information content (AvgIpc) is 1.54. The Balaban J connectivity index is 0.000000113. The summed E-state index contributed by atoms with van der Waals surface area (Å²) < 4.78 is 36.4. The van der Waals surface area contributed by atoms with Crippen molar-refractivity contribution < 1.29 is 35.9 Å². The van der Waals surface area contributed by atoms with E-state index in [0.29, 0.717) is 47.3 Å². The van der Waals surface area contributed by atoms with Gasteiger partial charge in [0.25, 0.3) is 0 Å². The molecular weight excluding hydrogens is 1830 g/mol. The molecule has 1 fully saturated rings. The van der Waals surface area contributed by atoms with Gasteiger partial charge in [0.15, 0.2) is 24.8 Å². The van der Waals surface area contributed by atoms with E-state index >= 15 is 0 Å². The highest BCUT2D eigenvalue weighted by molar-refractivity contribution is 6.21. The quantitative estimate of drug-likeness (QED) is 0.0904. The first kappa shape index (κ1) is 101. The monoisotopic (exact) mass is 1980 g/mol. The minimum atomic E-state index is -0.0328. The molecular formula is C142H154N4O4+4. The van der Waals surface area contributed by atoms with E-state index in [1.165, 1.54) is 270 Å². The molecule has 0 saturated heterocycles. The minimum absolute atomic E-state index is 0.0210. The molecule has 5 aliphatic carbocycles. The van der Waals surface area contributed by atoms with E-state index in [1.54, 1.807) is 0 Å². The standard InChI is InChI=1S/2C38H44NO.C34H34NO.C32H32NO/c1-22(2)19-38(20-23(3)4)31-13-11-10-12-27(31)28-16-17-33-35(36(28)38)29-15-14-25(7)34(37(29)40-33)32-18-30(24(5)6)26(8)21-39(32)9;1-22(2)19-38(20-23(3)4)30-13-11-10-12-27(30)35-31(38)16-17-33-36(35)28-15-14-25(7)34(37(28)40-33)32-18-29(24(5)6)26(8)21-39(32)9;1-20(2)26-18-28(35(5)19-22(26)4)30-21(3)12-13-25-31-29(36-33(25)30)15-14-24-23-10-6-7-11-27(23)34(32(24)31)16-8-9-17-34;1-18(2)23-16-26(33(7)17-20(23)4)28-19(3)12-13-22-30-27(34-31(22)28)15-14-25-29(30)21-10-8-9-11-24(21)32(25,5)6/h2*10-18,21-24H,19-20H2,1-9H3;6-7,10-15,18-20H,8-9,16-17H2,1-5H3;8-18H,1-7H3/q4*+1. The van der Waals surface area contributed by atoms with Crippen LogP contribution in [0, 0.1) is 79.1 Å². The summed E-state index contributed by atoms with van der Waals surface area (Å²) in [5.74, 6) is 4.21. The molecule has 1 spiro atoms. The second-order valence-electron chi connectivity index (χ2n) is 49.3. The second kappa shape index (κ2) is 37.8. The second-order valence-corrected chi connectivity index (χ2v) is 49.3. The number of furan rings is 4. The summed E-state index contributed by atoms with van der Waals surface area (Å²) in [6.45, 7) is 59.6. The zero-order valence-electron chi connectivity index (χ0n) is 94.8. The molecule has 762 valence electrons. The van der Waals surface area contributed by atoms with E-state index in [4.69, 9.17) is 17.7 Å². The number of rotatable bonds is 16. The Bertz CT molecular complexity index is 8890. The minimum Gasteiger partial charge on any atom is -0.455 e. The van der Waals surface area contributed by atoms with Crippen molar-refractivity contribution in [2.45, 2.75) is 277 Å². The molecule has 0 bridgehead atoms. The lowest BCUT2D eigenvalue weighted by Crippen LogP contribution is -2.32. The van der Waals surface area contributed by atoms with Crippen LogP contribution in [0.5, 0.6) is 0 Å². The first-order valence-corrected chi connectivity index (χ1v) is 56.1. The molecule has 1 saturated carbocycles. The van der Waals surface area contributed by atoms with E-state index in [0.717, 1.165) is 70.3 Å². The first-order valence-electron chi connectivity index (χ1n) is 56.1. The van der Waals surface area contributed by atoms with Crippen LogP contribution in [0.4, 0.5) is 0 Å². The lowest BCUT2D eigenvalue weighted by Gasteiger charge is -2.36. The molecule has 0 N–H and O–H groups in total. The number of hydrogen-bond donors (Lipinski definition) is 0. The van der Waals surface area contributed by atoms with Crippen LogP contribution in [0.3, 0.4) is 0 Å².